The third-order valence-corrected chi connectivity index (χ3v) is 6.21. The molecular weight excluding hydrogens is 288 g/mol. The van der Waals surface area contributed by atoms with Gasteiger partial charge in [-0.3, -0.25) is 4.68 Å². The number of carbonyl (C=O) groups is 1. The SMILES string of the molecule is C=C1C(NC(=O)NCCc2cnn(C)c2C)C[C@H]2C[C@@H]1C2(C)C. The van der Waals surface area contributed by atoms with Crippen LogP contribution in [0.2, 0.25) is 0 Å². The predicted molar refractivity (Wildman–Crippen MR) is 91.1 cm³/mol. The number of hydrogen-bond acceptors (Lipinski definition) is 2. The number of aromatic nitrogens is 2. The van der Waals surface area contributed by atoms with Crippen molar-refractivity contribution in [1.29, 1.82) is 0 Å². The van der Waals surface area contributed by atoms with Crippen LogP contribution in [0.15, 0.2) is 18.3 Å². The number of hydrogen-bond donors (Lipinski definition) is 2. The molecule has 2 amide bonds. The Bertz CT molecular complexity index is 631. The van der Waals surface area contributed by atoms with Crippen LogP contribution in [0, 0.1) is 24.2 Å². The fourth-order valence-electron chi connectivity index (χ4n) is 4.19. The summed E-state index contributed by atoms with van der Waals surface area (Å²) in [6.07, 6.45) is 4.94. The van der Waals surface area contributed by atoms with Crippen LogP contribution >= 0.6 is 0 Å². The van der Waals surface area contributed by atoms with Crippen molar-refractivity contribution in [3.63, 3.8) is 0 Å². The Morgan fingerprint density at radius 3 is 2.78 bits per heavy atom. The van der Waals surface area contributed by atoms with Gasteiger partial charge in [0.05, 0.1) is 12.2 Å². The number of carbonyl (C=O) groups excluding carboxylic acids is 1. The van der Waals surface area contributed by atoms with E-state index in [-0.39, 0.29) is 12.1 Å². The zero-order chi connectivity index (χ0) is 16.8. The summed E-state index contributed by atoms with van der Waals surface area (Å²) in [6, 6.07) is 0.0451. The summed E-state index contributed by atoms with van der Waals surface area (Å²) in [7, 11) is 1.93. The molecule has 1 unspecified atom stereocenters. The predicted octanol–water partition coefficient (Wildman–Crippen LogP) is 2.56. The lowest BCUT2D eigenvalue weighted by atomic mass is 9.46. The third kappa shape index (κ3) is 2.77. The average molecular weight is 316 g/mol. The van der Waals surface area contributed by atoms with Gasteiger partial charge in [-0.25, -0.2) is 4.79 Å². The summed E-state index contributed by atoms with van der Waals surface area (Å²) >= 11 is 0. The Balaban J connectivity index is 1.45. The lowest BCUT2D eigenvalue weighted by Crippen LogP contribution is -2.58. The Hall–Kier alpha value is -1.78. The van der Waals surface area contributed by atoms with Crippen molar-refractivity contribution in [3.8, 4) is 0 Å². The molecule has 4 rings (SSSR count). The van der Waals surface area contributed by atoms with Gasteiger partial charge in [0.2, 0.25) is 0 Å². The molecule has 0 aromatic carbocycles. The summed E-state index contributed by atoms with van der Waals surface area (Å²) in [4.78, 5) is 12.1. The van der Waals surface area contributed by atoms with Crippen LogP contribution in [0.1, 0.15) is 37.9 Å². The highest BCUT2D eigenvalue weighted by atomic mass is 16.2. The smallest absolute Gasteiger partial charge is 0.315 e. The molecule has 2 bridgehead atoms. The quantitative estimate of drug-likeness (QED) is 0.839. The van der Waals surface area contributed by atoms with E-state index in [0.29, 0.717) is 23.8 Å². The topological polar surface area (TPSA) is 59.0 Å². The fourth-order valence-corrected chi connectivity index (χ4v) is 4.19. The van der Waals surface area contributed by atoms with Gasteiger partial charge in [0.25, 0.3) is 0 Å². The zero-order valence-corrected chi connectivity index (χ0v) is 14.6. The summed E-state index contributed by atoms with van der Waals surface area (Å²) in [5.74, 6) is 1.27. The summed E-state index contributed by atoms with van der Waals surface area (Å²) < 4.78 is 1.86. The van der Waals surface area contributed by atoms with Crippen LogP contribution in [0.3, 0.4) is 0 Å². The van der Waals surface area contributed by atoms with Gasteiger partial charge < -0.3 is 10.6 Å². The molecule has 0 saturated heterocycles. The number of amides is 2. The highest BCUT2D eigenvalue weighted by Crippen LogP contribution is 2.60. The van der Waals surface area contributed by atoms with E-state index in [1.807, 2.05) is 24.9 Å². The zero-order valence-electron chi connectivity index (χ0n) is 14.6. The van der Waals surface area contributed by atoms with Crippen LogP contribution in [-0.2, 0) is 13.5 Å². The van der Waals surface area contributed by atoms with Crippen LogP contribution in [0.25, 0.3) is 0 Å². The van der Waals surface area contributed by atoms with Crippen molar-refractivity contribution in [2.24, 2.45) is 24.3 Å². The second kappa shape index (κ2) is 5.69. The highest BCUT2D eigenvalue weighted by molar-refractivity contribution is 5.74. The van der Waals surface area contributed by atoms with Crippen LogP contribution in [0.4, 0.5) is 4.79 Å². The first-order chi connectivity index (χ1) is 10.8. The van der Waals surface area contributed by atoms with Gasteiger partial charge in [0.15, 0.2) is 0 Å². The first-order valence-corrected chi connectivity index (χ1v) is 8.51. The van der Waals surface area contributed by atoms with Gasteiger partial charge in [-0.05, 0) is 49.0 Å². The fraction of sp³-hybridized carbons (Fsp3) is 0.667. The molecule has 0 radical (unpaired) electrons. The second-order valence-corrected chi connectivity index (χ2v) is 7.70. The first kappa shape index (κ1) is 16.1. The van der Waals surface area contributed by atoms with Gasteiger partial charge in [-0.15, -0.1) is 0 Å². The van der Waals surface area contributed by atoms with Crippen molar-refractivity contribution in [1.82, 2.24) is 20.4 Å². The molecule has 3 atom stereocenters. The van der Waals surface area contributed by atoms with E-state index in [2.05, 4.69) is 36.2 Å². The molecule has 23 heavy (non-hydrogen) atoms. The monoisotopic (exact) mass is 316 g/mol. The standard InChI is InChI=1S/C18H28N4O/c1-11-15-8-14(18(15,3)4)9-16(11)21-17(23)19-7-6-13-10-20-22(5)12(13)2/h10,14-16H,1,6-9H2,2-5H3,(H2,19,21,23)/t14-,15+,16?/m1/s1. The minimum Gasteiger partial charge on any atom is -0.338 e. The summed E-state index contributed by atoms with van der Waals surface area (Å²) in [5.41, 5.74) is 3.90. The third-order valence-electron chi connectivity index (χ3n) is 6.21. The summed E-state index contributed by atoms with van der Waals surface area (Å²) in [6.45, 7) is 11.6. The van der Waals surface area contributed by atoms with Crippen molar-refractivity contribution in [2.45, 2.75) is 46.1 Å². The number of aryl methyl sites for hydroxylation is 1. The van der Waals surface area contributed by atoms with Gasteiger partial charge in [-0.1, -0.05) is 26.0 Å². The van der Waals surface area contributed by atoms with E-state index in [4.69, 9.17) is 0 Å². The maximum atomic E-state index is 12.1. The minimum atomic E-state index is -0.0863. The molecule has 1 aromatic rings. The molecule has 0 spiro atoms. The Labute approximate surface area is 138 Å². The molecule has 3 aliphatic rings. The number of urea groups is 1. The molecule has 5 nitrogen and oxygen atoms in total. The molecular formula is C18H28N4O. The second-order valence-electron chi connectivity index (χ2n) is 7.70. The maximum Gasteiger partial charge on any atom is 0.315 e. The molecule has 0 aliphatic heterocycles. The normalized spacial score (nSPS) is 28.2. The molecule has 1 aromatic heterocycles. The van der Waals surface area contributed by atoms with E-state index in [0.717, 1.165) is 18.5 Å². The van der Waals surface area contributed by atoms with Crippen molar-refractivity contribution < 1.29 is 4.79 Å². The van der Waals surface area contributed by atoms with Crippen molar-refractivity contribution in [2.75, 3.05) is 6.54 Å². The van der Waals surface area contributed by atoms with Crippen molar-refractivity contribution in [3.05, 3.63) is 29.6 Å². The summed E-state index contributed by atoms with van der Waals surface area (Å²) in [5, 5.41) is 10.3. The van der Waals surface area contributed by atoms with Gasteiger partial charge in [0.1, 0.15) is 0 Å². The van der Waals surface area contributed by atoms with Gasteiger partial charge in [-0.2, -0.15) is 5.10 Å². The number of fused-ring (bicyclic) bond motifs is 2. The lowest BCUT2D eigenvalue weighted by molar-refractivity contribution is -0.0368. The molecule has 3 aliphatic carbocycles. The molecule has 1 heterocycles. The Morgan fingerprint density at radius 1 is 1.48 bits per heavy atom. The Morgan fingerprint density at radius 2 is 2.22 bits per heavy atom. The molecule has 3 saturated carbocycles. The van der Waals surface area contributed by atoms with E-state index in [1.165, 1.54) is 17.6 Å². The maximum absolute atomic E-state index is 12.1. The number of nitrogens with zero attached hydrogens (tertiary/aromatic N) is 2. The number of nitrogens with one attached hydrogen (secondary N) is 2. The minimum absolute atomic E-state index is 0.0863. The lowest BCUT2D eigenvalue weighted by Gasteiger charge is -2.59. The van der Waals surface area contributed by atoms with E-state index in [9.17, 15) is 4.79 Å². The molecule has 2 N–H and O–H groups in total. The first-order valence-electron chi connectivity index (χ1n) is 8.51. The highest BCUT2D eigenvalue weighted by Gasteiger charge is 2.54. The average Bonchev–Trinajstić information content (AvgIpc) is 2.80. The van der Waals surface area contributed by atoms with Crippen LogP contribution in [-0.4, -0.2) is 28.4 Å². The van der Waals surface area contributed by atoms with Gasteiger partial charge >= 0.3 is 6.03 Å². The largest absolute Gasteiger partial charge is 0.338 e. The Kier molecular flexibility index (Phi) is 3.98. The van der Waals surface area contributed by atoms with Gasteiger partial charge in [0, 0.05) is 19.3 Å². The van der Waals surface area contributed by atoms with E-state index < -0.39 is 0 Å². The van der Waals surface area contributed by atoms with Crippen molar-refractivity contribution >= 4 is 6.03 Å². The molecule has 5 heteroatoms. The van der Waals surface area contributed by atoms with E-state index >= 15 is 0 Å². The van der Waals surface area contributed by atoms with E-state index in [1.54, 1.807) is 0 Å². The number of rotatable bonds is 4. The molecule has 3 fully saturated rings. The molecule has 126 valence electrons. The van der Waals surface area contributed by atoms with Crippen LogP contribution in [0.5, 0.6) is 0 Å². The van der Waals surface area contributed by atoms with Crippen LogP contribution < -0.4 is 10.6 Å².